The van der Waals surface area contributed by atoms with Gasteiger partial charge in [-0.1, -0.05) is 11.6 Å². The first-order valence-corrected chi connectivity index (χ1v) is 6.94. The van der Waals surface area contributed by atoms with Gasteiger partial charge in [0.15, 0.2) is 5.01 Å². The van der Waals surface area contributed by atoms with Crippen molar-refractivity contribution in [1.82, 2.24) is 10.3 Å². The van der Waals surface area contributed by atoms with E-state index in [1.54, 1.807) is 18.5 Å². The van der Waals surface area contributed by atoms with Crippen LogP contribution in [0.1, 0.15) is 20.8 Å². The molecule has 0 aliphatic heterocycles. The zero-order valence-corrected chi connectivity index (χ0v) is 11.5. The van der Waals surface area contributed by atoms with Gasteiger partial charge < -0.3 is 5.32 Å². The number of thiazole rings is 1. The molecule has 0 aromatic carbocycles. The first-order chi connectivity index (χ1) is 8.43. The van der Waals surface area contributed by atoms with E-state index in [-0.39, 0.29) is 6.04 Å². The molecule has 1 N–H and O–H groups in total. The summed E-state index contributed by atoms with van der Waals surface area (Å²) in [6, 6.07) is 1.36. The molecule has 1 atom stereocenters. The van der Waals surface area contributed by atoms with Crippen LogP contribution in [0.15, 0.2) is 17.6 Å². The summed E-state index contributed by atoms with van der Waals surface area (Å²) < 4.78 is 37.5. The van der Waals surface area contributed by atoms with Gasteiger partial charge in [0.05, 0.1) is 11.1 Å². The molecule has 2 rings (SSSR count). The number of nitrogens with zero attached hydrogens (tertiary/aromatic N) is 1. The molecule has 0 bridgehead atoms. The average molecular weight is 313 g/mol. The van der Waals surface area contributed by atoms with Crippen LogP contribution in [-0.2, 0) is 6.18 Å². The molecule has 2 nitrogen and oxygen atoms in total. The van der Waals surface area contributed by atoms with Crippen molar-refractivity contribution in [3.63, 3.8) is 0 Å². The third-order valence-corrected chi connectivity index (χ3v) is 4.78. The lowest BCUT2D eigenvalue weighted by molar-refractivity contribution is -0.137. The Hall–Kier alpha value is -0.630. The van der Waals surface area contributed by atoms with Crippen LogP contribution in [0.4, 0.5) is 13.2 Å². The standard InChI is InChI=1S/C10H8ClF3N2S2/c1-15-7(8-5(11)2-3-17-8)6-4-16-9(18-6)10(12,13)14/h2-4,7,15H,1H3. The number of hydrogen-bond donors (Lipinski definition) is 1. The summed E-state index contributed by atoms with van der Waals surface area (Å²) in [4.78, 5) is 4.69. The minimum atomic E-state index is -4.40. The summed E-state index contributed by atoms with van der Waals surface area (Å²) in [5, 5.41) is 4.46. The van der Waals surface area contributed by atoms with Gasteiger partial charge in [0, 0.05) is 16.0 Å². The van der Waals surface area contributed by atoms with Gasteiger partial charge in [-0.3, -0.25) is 0 Å². The molecule has 0 fully saturated rings. The highest BCUT2D eigenvalue weighted by molar-refractivity contribution is 7.13. The Morgan fingerprint density at radius 1 is 1.44 bits per heavy atom. The third kappa shape index (κ3) is 2.69. The van der Waals surface area contributed by atoms with E-state index in [9.17, 15) is 13.2 Å². The van der Waals surface area contributed by atoms with Crippen LogP contribution in [0.3, 0.4) is 0 Å². The van der Waals surface area contributed by atoms with Crippen molar-refractivity contribution in [3.8, 4) is 0 Å². The quantitative estimate of drug-likeness (QED) is 0.919. The van der Waals surface area contributed by atoms with Gasteiger partial charge in [-0.2, -0.15) is 13.2 Å². The van der Waals surface area contributed by atoms with Gasteiger partial charge in [0.2, 0.25) is 0 Å². The number of rotatable bonds is 3. The SMILES string of the molecule is CNC(c1cnc(C(F)(F)F)s1)c1sccc1Cl. The van der Waals surface area contributed by atoms with Crippen molar-refractivity contribution >= 4 is 34.3 Å². The fourth-order valence-corrected chi connectivity index (χ4v) is 3.74. The second-order valence-corrected chi connectivity index (χ2v) is 5.84. The Labute approximate surface area is 114 Å². The molecule has 0 aliphatic carbocycles. The highest BCUT2D eigenvalue weighted by Gasteiger charge is 2.35. The Morgan fingerprint density at radius 2 is 2.17 bits per heavy atom. The molecule has 2 heterocycles. The Kier molecular flexibility index (Phi) is 3.96. The maximum absolute atomic E-state index is 12.5. The molecular formula is C10H8ClF3N2S2. The minimum Gasteiger partial charge on any atom is -0.308 e. The smallest absolute Gasteiger partial charge is 0.308 e. The van der Waals surface area contributed by atoms with Crippen LogP contribution in [0.5, 0.6) is 0 Å². The van der Waals surface area contributed by atoms with Crippen molar-refractivity contribution in [3.05, 3.63) is 37.4 Å². The predicted octanol–water partition coefficient (Wildman–Crippen LogP) is 4.19. The molecule has 0 saturated heterocycles. The average Bonchev–Trinajstić information content (AvgIpc) is 2.89. The van der Waals surface area contributed by atoms with Crippen molar-refractivity contribution in [1.29, 1.82) is 0 Å². The fraction of sp³-hybridized carbons (Fsp3) is 0.300. The second kappa shape index (κ2) is 5.16. The molecule has 0 saturated carbocycles. The predicted molar refractivity (Wildman–Crippen MR) is 67.3 cm³/mol. The van der Waals surface area contributed by atoms with Crippen molar-refractivity contribution < 1.29 is 13.2 Å². The van der Waals surface area contributed by atoms with Gasteiger partial charge >= 0.3 is 6.18 Å². The van der Waals surface area contributed by atoms with Crippen LogP contribution < -0.4 is 5.32 Å². The van der Waals surface area contributed by atoms with Gasteiger partial charge in [-0.15, -0.1) is 22.7 Å². The molecule has 1 unspecified atom stereocenters. The van der Waals surface area contributed by atoms with Gasteiger partial charge in [0.25, 0.3) is 0 Å². The molecular weight excluding hydrogens is 305 g/mol. The number of thiophene rings is 1. The lowest BCUT2D eigenvalue weighted by atomic mass is 10.2. The minimum absolute atomic E-state index is 0.355. The topological polar surface area (TPSA) is 24.9 Å². The van der Waals surface area contributed by atoms with E-state index in [4.69, 9.17) is 11.6 Å². The molecule has 2 aromatic heterocycles. The fourth-order valence-electron chi connectivity index (χ4n) is 1.47. The van der Waals surface area contributed by atoms with Crippen LogP contribution in [0, 0.1) is 0 Å². The summed E-state index contributed by atoms with van der Waals surface area (Å²) in [5.74, 6) is 0. The molecule has 98 valence electrons. The highest BCUT2D eigenvalue weighted by atomic mass is 35.5. The lowest BCUT2D eigenvalue weighted by Gasteiger charge is -2.12. The Bertz CT molecular complexity index is 535. The molecule has 0 aliphatic rings. The number of halogens is 4. The van der Waals surface area contributed by atoms with E-state index in [2.05, 4.69) is 10.3 Å². The van der Waals surface area contributed by atoms with Crippen LogP contribution in [0.25, 0.3) is 0 Å². The molecule has 0 spiro atoms. The number of nitrogens with one attached hydrogen (secondary N) is 1. The number of alkyl halides is 3. The van der Waals surface area contributed by atoms with E-state index >= 15 is 0 Å². The first-order valence-electron chi connectivity index (χ1n) is 4.86. The van der Waals surface area contributed by atoms with Crippen molar-refractivity contribution in [2.24, 2.45) is 0 Å². The van der Waals surface area contributed by atoms with E-state index in [1.165, 1.54) is 17.5 Å². The zero-order valence-electron chi connectivity index (χ0n) is 9.08. The summed E-state index contributed by atoms with van der Waals surface area (Å²) in [6.07, 6.45) is -3.16. The van der Waals surface area contributed by atoms with E-state index in [0.29, 0.717) is 21.2 Å². The summed E-state index contributed by atoms with van der Waals surface area (Å²) >= 11 is 8.02. The first kappa shape index (κ1) is 13.8. The second-order valence-electron chi connectivity index (χ2n) is 3.42. The van der Waals surface area contributed by atoms with E-state index in [1.807, 2.05) is 0 Å². The number of aromatic nitrogens is 1. The maximum atomic E-state index is 12.5. The summed E-state index contributed by atoms with van der Waals surface area (Å²) in [7, 11) is 1.67. The summed E-state index contributed by atoms with van der Waals surface area (Å²) in [6.45, 7) is 0. The Morgan fingerprint density at radius 3 is 2.61 bits per heavy atom. The van der Waals surface area contributed by atoms with Crippen molar-refractivity contribution in [2.45, 2.75) is 12.2 Å². The zero-order chi connectivity index (χ0) is 13.3. The van der Waals surface area contributed by atoms with Crippen molar-refractivity contribution in [2.75, 3.05) is 7.05 Å². The molecule has 8 heteroatoms. The Balaban J connectivity index is 2.35. The highest BCUT2D eigenvalue weighted by Crippen LogP contribution is 2.38. The van der Waals surface area contributed by atoms with Gasteiger partial charge in [-0.25, -0.2) is 4.98 Å². The van der Waals surface area contributed by atoms with Gasteiger partial charge in [0.1, 0.15) is 0 Å². The normalized spacial score (nSPS) is 13.8. The monoisotopic (exact) mass is 312 g/mol. The van der Waals surface area contributed by atoms with E-state index in [0.717, 1.165) is 4.88 Å². The summed E-state index contributed by atoms with van der Waals surface area (Å²) in [5.41, 5.74) is 0. The lowest BCUT2D eigenvalue weighted by Crippen LogP contribution is -2.15. The van der Waals surface area contributed by atoms with E-state index < -0.39 is 11.2 Å². The third-order valence-electron chi connectivity index (χ3n) is 2.25. The molecule has 18 heavy (non-hydrogen) atoms. The maximum Gasteiger partial charge on any atom is 0.443 e. The van der Waals surface area contributed by atoms with Crippen LogP contribution >= 0.6 is 34.3 Å². The van der Waals surface area contributed by atoms with Crippen LogP contribution in [0.2, 0.25) is 5.02 Å². The number of hydrogen-bond acceptors (Lipinski definition) is 4. The molecule has 0 amide bonds. The van der Waals surface area contributed by atoms with Gasteiger partial charge in [-0.05, 0) is 18.5 Å². The molecule has 0 radical (unpaired) electrons. The van der Waals surface area contributed by atoms with Crippen LogP contribution in [-0.4, -0.2) is 12.0 Å². The largest absolute Gasteiger partial charge is 0.443 e. The molecule has 2 aromatic rings.